The molecular formula is C16H19FN2O2. The van der Waals surface area contributed by atoms with Crippen molar-refractivity contribution in [1.82, 2.24) is 10.2 Å². The van der Waals surface area contributed by atoms with Crippen molar-refractivity contribution in [2.45, 2.75) is 13.0 Å². The smallest absolute Gasteiger partial charge is 0.234 e. The molecule has 1 aromatic carbocycles. The van der Waals surface area contributed by atoms with Crippen LogP contribution in [0.25, 0.3) is 0 Å². The number of likely N-dealkylation sites (N-methyl/N-ethyl adjacent to an activating group) is 1. The molecule has 2 aromatic rings. The van der Waals surface area contributed by atoms with Gasteiger partial charge in [-0.1, -0.05) is 12.1 Å². The van der Waals surface area contributed by atoms with Crippen molar-refractivity contribution in [2.24, 2.45) is 0 Å². The minimum atomic E-state index is -0.248. The van der Waals surface area contributed by atoms with Gasteiger partial charge in [-0.15, -0.1) is 0 Å². The summed E-state index contributed by atoms with van der Waals surface area (Å²) in [5.74, 6) is 0.546. The Hall–Kier alpha value is -2.14. The van der Waals surface area contributed by atoms with Gasteiger partial charge in [0, 0.05) is 6.54 Å². The van der Waals surface area contributed by atoms with Crippen LogP contribution in [0.2, 0.25) is 0 Å². The molecule has 0 saturated carbocycles. The van der Waals surface area contributed by atoms with Crippen LogP contribution in [-0.2, 0) is 17.8 Å². The molecular weight excluding hydrogens is 271 g/mol. The zero-order valence-electron chi connectivity index (χ0n) is 12.0. The van der Waals surface area contributed by atoms with Gasteiger partial charge in [-0.3, -0.25) is 9.69 Å². The number of hydrogen-bond donors (Lipinski definition) is 1. The van der Waals surface area contributed by atoms with Gasteiger partial charge in [0.1, 0.15) is 11.6 Å². The molecule has 0 aliphatic heterocycles. The van der Waals surface area contributed by atoms with Crippen molar-refractivity contribution < 1.29 is 13.6 Å². The van der Waals surface area contributed by atoms with Gasteiger partial charge in [0.25, 0.3) is 0 Å². The lowest BCUT2D eigenvalue weighted by atomic mass is 10.1. The van der Waals surface area contributed by atoms with Gasteiger partial charge in [-0.05, 0) is 43.3 Å². The van der Waals surface area contributed by atoms with Gasteiger partial charge < -0.3 is 9.73 Å². The normalized spacial score (nSPS) is 10.8. The molecule has 5 heteroatoms. The predicted molar refractivity (Wildman–Crippen MR) is 78.2 cm³/mol. The first-order chi connectivity index (χ1) is 10.1. The molecule has 1 N–H and O–H groups in total. The fourth-order valence-corrected chi connectivity index (χ4v) is 2.02. The molecule has 0 bridgehead atoms. The third-order valence-corrected chi connectivity index (χ3v) is 3.07. The van der Waals surface area contributed by atoms with E-state index in [1.54, 1.807) is 18.4 Å². The van der Waals surface area contributed by atoms with Gasteiger partial charge in [0.15, 0.2) is 0 Å². The van der Waals surface area contributed by atoms with Crippen molar-refractivity contribution in [3.63, 3.8) is 0 Å². The van der Waals surface area contributed by atoms with E-state index in [1.807, 2.05) is 24.1 Å². The number of nitrogens with zero attached hydrogens (tertiary/aromatic N) is 1. The highest BCUT2D eigenvalue weighted by molar-refractivity contribution is 5.77. The van der Waals surface area contributed by atoms with Crippen LogP contribution in [0, 0.1) is 5.82 Å². The molecule has 0 radical (unpaired) electrons. The third kappa shape index (κ3) is 5.39. The van der Waals surface area contributed by atoms with E-state index < -0.39 is 0 Å². The molecule has 0 atom stereocenters. The first-order valence-electron chi connectivity index (χ1n) is 6.85. The van der Waals surface area contributed by atoms with Gasteiger partial charge in [0.05, 0.1) is 19.4 Å². The van der Waals surface area contributed by atoms with E-state index in [1.165, 1.54) is 12.1 Å². The Morgan fingerprint density at radius 2 is 2.05 bits per heavy atom. The van der Waals surface area contributed by atoms with Crippen LogP contribution >= 0.6 is 0 Å². The van der Waals surface area contributed by atoms with Gasteiger partial charge in [0.2, 0.25) is 5.91 Å². The lowest BCUT2D eigenvalue weighted by Gasteiger charge is -2.14. The molecule has 0 aliphatic rings. The minimum Gasteiger partial charge on any atom is -0.468 e. The van der Waals surface area contributed by atoms with Crippen LogP contribution in [0.4, 0.5) is 4.39 Å². The van der Waals surface area contributed by atoms with Gasteiger partial charge in [-0.25, -0.2) is 4.39 Å². The molecule has 0 spiro atoms. The standard InChI is InChI=1S/C16H19FN2O2/c1-19(11-15-3-2-10-21-15)12-16(20)18-9-8-13-4-6-14(17)7-5-13/h2-7,10H,8-9,11-12H2,1H3,(H,18,20). The summed E-state index contributed by atoms with van der Waals surface area (Å²) < 4.78 is 18.0. The first-order valence-corrected chi connectivity index (χ1v) is 6.85. The Bertz CT molecular complexity index is 552. The topological polar surface area (TPSA) is 45.5 Å². The number of benzene rings is 1. The van der Waals surface area contributed by atoms with E-state index in [2.05, 4.69) is 5.32 Å². The summed E-state index contributed by atoms with van der Waals surface area (Å²) in [5, 5.41) is 2.85. The van der Waals surface area contributed by atoms with E-state index in [9.17, 15) is 9.18 Å². The second-order valence-corrected chi connectivity index (χ2v) is 4.98. The molecule has 2 rings (SSSR count). The Labute approximate surface area is 123 Å². The molecule has 0 fully saturated rings. The van der Waals surface area contributed by atoms with E-state index >= 15 is 0 Å². The Balaban J connectivity index is 1.66. The van der Waals surface area contributed by atoms with Gasteiger partial charge >= 0.3 is 0 Å². The third-order valence-electron chi connectivity index (χ3n) is 3.07. The predicted octanol–water partition coefficient (Wildman–Crippen LogP) is 2.21. The maximum absolute atomic E-state index is 12.8. The summed E-state index contributed by atoms with van der Waals surface area (Å²) in [6.45, 7) is 1.45. The fourth-order valence-electron chi connectivity index (χ4n) is 2.02. The van der Waals surface area contributed by atoms with Crippen molar-refractivity contribution in [3.05, 3.63) is 59.8 Å². The number of hydrogen-bond acceptors (Lipinski definition) is 3. The average molecular weight is 290 g/mol. The second kappa shape index (κ2) is 7.59. The largest absolute Gasteiger partial charge is 0.468 e. The SMILES string of the molecule is CN(CC(=O)NCCc1ccc(F)cc1)Cc1ccco1. The fraction of sp³-hybridized carbons (Fsp3) is 0.312. The number of halogens is 1. The minimum absolute atomic E-state index is 0.0360. The number of carbonyl (C=O) groups excluding carboxylic acids is 1. The van der Waals surface area contributed by atoms with Crippen LogP contribution in [0.3, 0.4) is 0 Å². The zero-order chi connectivity index (χ0) is 15.1. The number of amides is 1. The van der Waals surface area contributed by atoms with E-state index in [0.29, 0.717) is 26.1 Å². The zero-order valence-corrected chi connectivity index (χ0v) is 12.0. The van der Waals surface area contributed by atoms with E-state index in [-0.39, 0.29) is 11.7 Å². The Morgan fingerprint density at radius 1 is 1.29 bits per heavy atom. The number of nitrogens with one attached hydrogen (secondary N) is 1. The van der Waals surface area contributed by atoms with Crippen LogP contribution in [0.15, 0.2) is 47.1 Å². The monoisotopic (exact) mass is 290 g/mol. The molecule has 112 valence electrons. The van der Waals surface area contributed by atoms with Crippen molar-refractivity contribution in [3.8, 4) is 0 Å². The lowest BCUT2D eigenvalue weighted by Crippen LogP contribution is -2.35. The summed E-state index contributed by atoms with van der Waals surface area (Å²) in [7, 11) is 1.86. The highest BCUT2D eigenvalue weighted by Crippen LogP contribution is 2.04. The highest BCUT2D eigenvalue weighted by atomic mass is 19.1. The number of rotatable bonds is 7. The summed E-state index contributed by atoms with van der Waals surface area (Å²) in [5.41, 5.74) is 1.00. The molecule has 4 nitrogen and oxygen atoms in total. The first kappa shape index (κ1) is 15.3. The second-order valence-electron chi connectivity index (χ2n) is 4.98. The van der Waals surface area contributed by atoms with E-state index in [4.69, 9.17) is 4.42 Å². The van der Waals surface area contributed by atoms with Crippen LogP contribution in [0.5, 0.6) is 0 Å². The summed E-state index contributed by atoms with van der Waals surface area (Å²) in [6, 6.07) is 10.0. The molecule has 0 aliphatic carbocycles. The molecule has 0 unspecified atom stereocenters. The van der Waals surface area contributed by atoms with Crippen LogP contribution in [-0.4, -0.2) is 30.9 Å². The van der Waals surface area contributed by atoms with Crippen molar-refractivity contribution >= 4 is 5.91 Å². The van der Waals surface area contributed by atoms with E-state index in [0.717, 1.165) is 11.3 Å². The molecule has 1 aromatic heterocycles. The highest BCUT2D eigenvalue weighted by Gasteiger charge is 2.08. The Kier molecular flexibility index (Phi) is 5.51. The number of furan rings is 1. The molecule has 0 saturated heterocycles. The molecule has 21 heavy (non-hydrogen) atoms. The maximum atomic E-state index is 12.8. The van der Waals surface area contributed by atoms with Crippen LogP contribution in [0.1, 0.15) is 11.3 Å². The van der Waals surface area contributed by atoms with Crippen molar-refractivity contribution in [1.29, 1.82) is 0 Å². The van der Waals surface area contributed by atoms with Crippen molar-refractivity contribution in [2.75, 3.05) is 20.1 Å². The summed E-state index contributed by atoms with van der Waals surface area (Å²) >= 11 is 0. The quantitative estimate of drug-likeness (QED) is 0.850. The average Bonchev–Trinajstić information content (AvgIpc) is 2.93. The number of carbonyl (C=O) groups is 1. The summed E-state index contributed by atoms with van der Waals surface area (Å²) in [4.78, 5) is 13.7. The maximum Gasteiger partial charge on any atom is 0.234 e. The van der Waals surface area contributed by atoms with Gasteiger partial charge in [-0.2, -0.15) is 0 Å². The molecule has 1 amide bonds. The molecule has 1 heterocycles. The van der Waals surface area contributed by atoms with Crippen LogP contribution < -0.4 is 5.32 Å². The summed E-state index contributed by atoms with van der Waals surface area (Å²) in [6.07, 6.45) is 2.31. The lowest BCUT2D eigenvalue weighted by molar-refractivity contribution is -0.122. The Morgan fingerprint density at radius 3 is 2.71 bits per heavy atom.